The van der Waals surface area contributed by atoms with Gasteiger partial charge in [-0.2, -0.15) is 0 Å². The molecule has 2 aromatic rings. The van der Waals surface area contributed by atoms with Gasteiger partial charge in [0, 0.05) is 30.4 Å². The number of nitrogens with two attached hydrogens (primary N) is 1. The third kappa shape index (κ3) is 17.8. The van der Waals surface area contributed by atoms with Crippen molar-refractivity contribution in [2.75, 3.05) is 37.9 Å². The minimum absolute atomic E-state index is 0.577. The molecule has 0 bridgehead atoms. The smallest absolute Gasteiger partial charge is 0.119 e. The molecule has 1 aliphatic heterocycles. The first-order valence-electron chi connectivity index (χ1n) is 15.5. The third-order valence-electron chi connectivity index (χ3n) is 7.00. The first-order valence-corrected chi connectivity index (χ1v) is 16.5. The second kappa shape index (κ2) is 27.6. The van der Waals surface area contributed by atoms with Crippen molar-refractivity contribution < 1.29 is 4.74 Å². The molecule has 2 aromatic carbocycles. The lowest BCUT2D eigenvalue weighted by Gasteiger charge is -2.32. The Balaban J connectivity index is 0. The van der Waals surface area contributed by atoms with Gasteiger partial charge in [0.15, 0.2) is 0 Å². The topological polar surface area (TPSA) is 38.5 Å². The molecule has 0 saturated carbocycles. The molecule has 41 heavy (non-hydrogen) atoms. The molecule has 0 fully saturated rings. The summed E-state index contributed by atoms with van der Waals surface area (Å²) in [6, 6.07) is 16.9. The van der Waals surface area contributed by atoms with Crippen LogP contribution in [0.15, 0.2) is 53.4 Å². The first-order chi connectivity index (χ1) is 20.0. The summed E-state index contributed by atoms with van der Waals surface area (Å²) >= 11 is 2.12. The Morgan fingerprint density at radius 1 is 0.854 bits per heavy atom. The van der Waals surface area contributed by atoms with Gasteiger partial charge in [-0.1, -0.05) is 71.6 Å². The molecule has 3 nitrogen and oxygen atoms in total. The van der Waals surface area contributed by atoms with E-state index >= 15 is 0 Å². The minimum atomic E-state index is 0.577. The van der Waals surface area contributed by atoms with Gasteiger partial charge < -0.3 is 15.4 Å². The van der Waals surface area contributed by atoms with Crippen LogP contribution in [0.2, 0.25) is 0 Å². The van der Waals surface area contributed by atoms with Crippen LogP contribution in [0.25, 0.3) is 0 Å². The van der Waals surface area contributed by atoms with Gasteiger partial charge in [-0.3, -0.25) is 0 Å². The van der Waals surface area contributed by atoms with Crippen LogP contribution >= 0.6 is 11.8 Å². The van der Waals surface area contributed by atoms with Gasteiger partial charge in [0.05, 0.1) is 6.61 Å². The Kier molecular flexibility index (Phi) is 27.4. The number of terminal acetylenes is 2. The summed E-state index contributed by atoms with van der Waals surface area (Å²) in [6.07, 6.45) is 30.3. The maximum absolute atomic E-state index is 5.51. The number of nitrogens with zero attached hydrogens (tertiary/aromatic N) is 1. The standard InChI is InChI=1S/C20H33NS.C11H17NO.C2H6.2C2H2/c1-5-7-12-20(13-8-6-2)14-11-17-15-18(21(3)4)9-10-19(17)22-16-20;12-9-5-2-6-10-13-11-7-3-1-4-8-11;3*1-2/h9-10,15H,5-8,11-14,16H2,1-4H3;1,3-4,7-8H,2,5-6,9-10,12H2;1-2H3;2*1-2H. The monoisotopic (exact) mass is 580 g/mol. The number of aryl methyl sites for hydroxylation is 1. The van der Waals surface area contributed by atoms with Gasteiger partial charge in [0.2, 0.25) is 0 Å². The molecule has 1 heterocycles. The molecule has 4 heteroatoms. The van der Waals surface area contributed by atoms with Crippen molar-refractivity contribution in [3.8, 4) is 31.4 Å². The highest BCUT2D eigenvalue weighted by Crippen LogP contribution is 2.45. The van der Waals surface area contributed by atoms with Crippen molar-refractivity contribution in [1.29, 1.82) is 0 Å². The van der Waals surface area contributed by atoms with Gasteiger partial charge in [-0.05, 0) is 92.8 Å². The Bertz CT molecular complexity index is 878. The number of para-hydroxylation sites is 1. The average Bonchev–Trinajstić information content (AvgIpc) is 3.22. The molecule has 0 radical (unpaired) electrons. The van der Waals surface area contributed by atoms with E-state index < -0.39 is 0 Å². The molecule has 0 spiro atoms. The van der Waals surface area contributed by atoms with Crippen LogP contribution in [0, 0.1) is 31.1 Å². The van der Waals surface area contributed by atoms with Crippen molar-refractivity contribution in [3.63, 3.8) is 0 Å². The summed E-state index contributed by atoms with van der Waals surface area (Å²) in [5, 5.41) is 0. The fourth-order valence-electron chi connectivity index (χ4n) is 4.64. The lowest BCUT2D eigenvalue weighted by atomic mass is 9.75. The average molecular weight is 581 g/mol. The zero-order valence-corrected chi connectivity index (χ0v) is 28.0. The summed E-state index contributed by atoms with van der Waals surface area (Å²) in [7, 11) is 4.27. The Labute approximate surface area is 259 Å². The van der Waals surface area contributed by atoms with Crippen LogP contribution in [0.4, 0.5) is 5.69 Å². The van der Waals surface area contributed by atoms with Crippen LogP contribution in [0.1, 0.15) is 97.5 Å². The van der Waals surface area contributed by atoms with E-state index in [1.807, 2.05) is 44.2 Å². The highest BCUT2D eigenvalue weighted by molar-refractivity contribution is 7.99. The minimum Gasteiger partial charge on any atom is -0.494 e. The van der Waals surface area contributed by atoms with E-state index in [1.54, 1.807) is 5.56 Å². The fourth-order valence-corrected chi connectivity index (χ4v) is 6.04. The van der Waals surface area contributed by atoms with E-state index in [2.05, 4.69) is 88.5 Å². The number of benzene rings is 2. The van der Waals surface area contributed by atoms with Gasteiger partial charge >= 0.3 is 0 Å². The summed E-state index contributed by atoms with van der Waals surface area (Å²) in [4.78, 5) is 3.75. The van der Waals surface area contributed by atoms with Gasteiger partial charge in [-0.25, -0.2) is 0 Å². The van der Waals surface area contributed by atoms with E-state index in [0.717, 1.165) is 38.2 Å². The maximum Gasteiger partial charge on any atom is 0.119 e. The lowest BCUT2D eigenvalue weighted by molar-refractivity contribution is 0.244. The quantitative estimate of drug-likeness (QED) is 0.189. The first kappa shape index (κ1) is 40.6. The van der Waals surface area contributed by atoms with E-state index in [0.29, 0.717) is 5.41 Å². The van der Waals surface area contributed by atoms with Crippen LogP contribution in [-0.2, 0) is 6.42 Å². The molecule has 0 amide bonds. The Hall–Kier alpha value is -2.53. The number of anilines is 1. The third-order valence-corrected chi connectivity index (χ3v) is 8.47. The molecule has 1 aliphatic rings. The highest BCUT2D eigenvalue weighted by atomic mass is 32.2. The predicted molar refractivity (Wildman–Crippen MR) is 187 cm³/mol. The zero-order valence-electron chi connectivity index (χ0n) is 27.2. The van der Waals surface area contributed by atoms with Crippen LogP contribution in [-0.4, -0.2) is 33.0 Å². The number of hydrogen-bond acceptors (Lipinski definition) is 4. The Morgan fingerprint density at radius 2 is 1.46 bits per heavy atom. The summed E-state index contributed by atoms with van der Waals surface area (Å²) < 4.78 is 5.51. The zero-order chi connectivity index (χ0) is 31.4. The number of unbranched alkanes of at least 4 members (excludes halogenated alkanes) is 4. The molecular weight excluding hydrogens is 520 g/mol. The molecule has 0 aliphatic carbocycles. The number of rotatable bonds is 13. The van der Waals surface area contributed by atoms with Crippen molar-refractivity contribution in [1.82, 2.24) is 0 Å². The van der Waals surface area contributed by atoms with Gasteiger partial charge in [-0.15, -0.1) is 37.5 Å². The molecule has 0 atom stereocenters. The SMILES string of the molecule is C#C.C#C.CC.CCCCC1(CCCC)CCc2cc(N(C)C)ccc2SC1.NCCCCCOc1ccccc1. The van der Waals surface area contributed by atoms with Gasteiger partial charge in [0.1, 0.15) is 5.75 Å². The molecular formula is C37H60N2OS. The van der Waals surface area contributed by atoms with Crippen molar-refractivity contribution in [2.45, 2.75) is 103 Å². The second-order valence-corrected chi connectivity index (χ2v) is 11.2. The van der Waals surface area contributed by atoms with Crippen molar-refractivity contribution in [2.24, 2.45) is 11.1 Å². The van der Waals surface area contributed by atoms with E-state index in [-0.39, 0.29) is 0 Å². The number of hydrogen-bond donors (Lipinski definition) is 1. The normalized spacial score (nSPS) is 12.5. The largest absolute Gasteiger partial charge is 0.494 e. The predicted octanol–water partition coefficient (Wildman–Crippen LogP) is 9.88. The molecule has 230 valence electrons. The van der Waals surface area contributed by atoms with Crippen molar-refractivity contribution >= 4 is 17.4 Å². The Morgan fingerprint density at radius 3 is 2.00 bits per heavy atom. The van der Waals surface area contributed by atoms with Crippen LogP contribution < -0.4 is 15.4 Å². The number of fused-ring (bicyclic) bond motifs is 1. The number of thioether (sulfide) groups is 1. The highest BCUT2D eigenvalue weighted by Gasteiger charge is 2.31. The maximum atomic E-state index is 5.51. The second-order valence-electron chi connectivity index (χ2n) is 10.2. The summed E-state index contributed by atoms with van der Waals surface area (Å²) in [5.41, 5.74) is 8.88. The molecule has 0 aromatic heterocycles. The summed E-state index contributed by atoms with van der Waals surface area (Å²) in [6.45, 7) is 10.2. The van der Waals surface area contributed by atoms with E-state index in [1.165, 1.54) is 67.7 Å². The van der Waals surface area contributed by atoms with Crippen LogP contribution in [0.5, 0.6) is 5.75 Å². The molecule has 0 unspecified atom stereocenters. The van der Waals surface area contributed by atoms with Gasteiger partial charge in [0.25, 0.3) is 0 Å². The molecule has 2 N–H and O–H groups in total. The number of ether oxygens (including phenoxy) is 1. The lowest BCUT2D eigenvalue weighted by Crippen LogP contribution is -2.24. The van der Waals surface area contributed by atoms with E-state index in [9.17, 15) is 0 Å². The fraction of sp³-hybridized carbons (Fsp3) is 0.568. The van der Waals surface area contributed by atoms with Crippen LogP contribution in [0.3, 0.4) is 0 Å². The summed E-state index contributed by atoms with van der Waals surface area (Å²) in [5.74, 6) is 2.27. The molecule has 3 rings (SSSR count). The van der Waals surface area contributed by atoms with Crippen molar-refractivity contribution in [3.05, 3.63) is 54.1 Å². The molecule has 0 saturated heterocycles. The van der Waals surface area contributed by atoms with E-state index in [4.69, 9.17) is 10.5 Å².